The Hall–Kier alpha value is -1.92. The molecule has 4 N–H and O–H groups in total. The first-order valence-corrected chi connectivity index (χ1v) is 4.04. The molecule has 1 rings (SSSR count). The summed E-state index contributed by atoms with van der Waals surface area (Å²) in [5, 5.41) is 5.33. The molecule has 0 saturated heterocycles. The first-order valence-electron chi connectivity index (χ1n) is 4.04. The maximum absolute atomic E-state index is 11.2. The van der Waals surface area contributed by atoms with Crippen LogP contribution < -0.4 is 16.6 Å². The second kappa shape index (κ2) is 3.86. The van der Waals surface area contributed by atoms with Gasteiger partial charge in [0.2, 0.25) is 11.6 Å². The lowest BCUT2D eigenvalue weighted by Crippen LogP contribution is -2.18. The lowest BCUT2D eigenvalue weighted by molar-refractivity contribution is 0.872. The molecule has 0 unspecified atom stereocenters. The highest BCUT2D eigenvalue weighted by Crippen LogP contribution is 2.13. The van der Waals surface area contributed by atoms with Crippen LogP contribution in [0.25, 0.3) is 0 Å². The van der Waals surface area contributed by atoms with Gasteiger partial charge in [0.25, 0.3) is 5.56 Å². The Morgan fingerprint density at radius 1 is 1.57 bits per heavy atom. The quantitative estimate of drug-likeness (QED) is 0.613. The molecule has 0 aliphatic rings. The molecule has 0 aliphatic heterocycles. The third-order valence-corrected chi connectivity index (χ3v) is 1.44. The second-order valence-electron chi connectivity index (χ2n) is 3.04. The molecule has 0 fully saturated rings. The minimum Gasteiger partial charge on any atom is -0.382 e. The minimum absolute atomic E-state index is 0.104. The van der Waals surface area contributed by atoms with Gasteiger partial charge in [-0.2, -0.15) is 4.98 Å². The van der Waals surface area contributed by atoms with E-state index in [1.54, 1.807) is 0 Å². The molecule has 7 heteroatoms. The summed E-state index contributed by atoms with van der Waals surface area (Å²) >= 11 is 0. The average Bonchev–Trinajstić information content (AvgIpc) is 2.01. The lowest BCUT2D eigenvalue weighted by Gasteiger charge is -2.08. The third kappa shape index (κ3) is 2.06. The molecule has 0 aliphatic carbocycles. The first kappa shape index (κ1) is 10.2. The van der Waals surface area contributed by atoms with E-state index in [0.717, 1.165) is 0 Å². The minimum atomic E-state index is -0.643. The molecule has 0 spiro atoms. The molecular weight excluding hydrogens is 186 g/mol. The van der Waals surface area contributed by atoms with Gasteiger partial charge < -0.3 is 11.1 Å². The molecule has 0 atom stereocenters. The number of anilines is 2. The molecule has 0 aromatic carbocycles. The van der Waals surface area contributed by atoms with Gasteiger partial charge in [0, 0.05) is 6.04 Å². The largest absolute Gasteiger partial charge is 0.382 e. The van der Waals surface area contributed by atoms with Crippen LogP contribution in [-0.2, 0) is 0 Å². The molecule has 0 saturated carbocycles. The Balaban J connectivity index is 3.14. The van der Waals surface area contributed by atoms with E-state index in [-0.39, 0.29) is 23.5 Å². The van der Waals surface area contributed by atoms with Crippen molar-refractivity contribution in [1.82, 2.24) is 9.97 Å². The molecule has 1 aromatic rings. The van der Waals surface area contributed by atoms with Crippen LogP contribution in [0, 0.1) is 4.91 Å². The maximum atomic E-state index is 11.2. The van der Waals surface area contributed by atoms with Crippen LogP contribution in [0.1, 0.15) is 13.8 Å². The van der Waals surface area contributed by atoms with Crippen molar-refractivity contribution in [3.8, 4) is 0 Å². The summed E-state index contributed by atoms with van der Waals surface area (Å²) in [6.45, 7) is 3.75. The van der Waals surface area contributed by atoms with Gasteiger partial charge in [-0.25, -0.2) is 0 Å². The zero-order valence-electron chi connectivity index (χ0n) is 7.87. The fourth-order valence-corrected chi connectivity index (χ4v) is 0.914. The highest BCUT2D eigenvalue weighted by atomic mass is 16.3. The smallest absolute Gasteiger partial charge is 0.284 e. The van der Waals surface area contributed by atoms with Crippen LogP contribution in [-0.4, -0.2) is 16.0 Å². The van der Waals surface area contributed by atoms with Crippen molar-refractivity contribution < 1.29 is 0 Å². The summed E-state index contributed by atoms with van der Waals surface area (Å²) in [4.78, 5) is 27.4. The zero-order chi connectivity index (χ0) is 10.7. The Morgan fingerprint density at radius 3 is 2.64 bits per heavy atom. The lowest BCUT2D eigenvalue weighted by atomic mass is 10.4. The average molecular weight is 197 g/mol. The van der Waals surface area contributed by atoms with Crippen molar-refractivity contribution in [2.45, 2.75) is 19.9 Å². The van der Waals surface area contributed by atoms with E-state index in [0.29, 0.717) is 0 Å². The number of hydrogen-bond donors (Lipinski definition) is 3. The fraction of sp³-hybridized carbons (Fsp3) is 0.429. The second-order valence-corrected chi connectivity index (χ2v) is 3.04. The molecule has 14 heavy (non-hydrogen) atoms. The summed E-state index contributed by atoms with van der Waals surface area (Å²) < 4.78 is 0. The van der Waals surface area contributed by atoms with E-state index < -0.39 is 5.56 Å². The number of nitroso groups, excluding NO2 is 1. The number of nitrogens with two attached hydrogens (primary N) is 1. The molecule has 76 valence electrons. The van der Waals surface area contributed by atoms with Gasteiger partial charge in [0.15, 0.2) is 5.82 Å². The molecule has 1 aromatic heterocycles. The third-order valence-electron chi connectivity index (χ3n) is 1.44. The number of rotatable bonds is 3. The Kier molecular flexibility index (Phi) is 2.80. The number of aromatic nitrogens is 2. The zero-order valence-corrected chi connectivity index (χ0v) is 7.87. The van der Waals surface area contributed by atoms with E-state index in [1.165, 1.54) is 0 Å². The summed E-state index contributed by atoms with van der Waals surface area (Å²) in [6, 6.07) is 0.104. The van der Waals surface area contributed by atoms with Crippen molar-refractivity contribution in [3.05, 3.63) is 15.3 Å². The highest BCUT2D eigenvalue weighted by Gasteiger charge is 2.09. The summed E-state index contributed by atoms with van der Waals surface area (Å²) in [5.41, 5.74) is 4.31. The standard InChI is InChI=1S/C7H11N5O2/c1-3(2)9-7-10-5(8)4(12-14)6(13)11-7/h3H,1-2H3,(H4,8,9,10,11,13). The van der Waals surface area contributed by atoms with Crippen LogP contribution in [0.15, 0.2) is 9.97 Å². The molecule has 1 heterocycles. The monoisotopic (exact) mass is 197 g/mol. The van der Waals surface area contributed by atoms with E-state index in [1.807, 2.05) is 13.8 Å². The van der Waals surface area contributed by atoms with Crippen LogP contribution in [0.4, 0.5) is 17.5 Å². The van der Waals surface area contributed by atoms with Crippen molar-refractivity contribution in [1.29, 1.82) is 0 Å². The number of hydrogen-bond acceptors (Lipinski definition) is 6. The van der Waals surface area contributed by atoms with Gasteiger partial charge in [0.05, 0.1) is 0 Å². The van der Waals surface area contributed by atoms with Crippen molar-refractivity contribution in [3.63, 3.8) is 0 Å². The van der Waals surface area contributed by atoms with Gasteiger partial charge in [-0.1, -0.05) is 0 Å². The molecule has 0 bridgehead atoms. The van der Waals surface area contributed by atoms with Gasteiger partial charge in [-0.15, -0.1) is 4.91 Å². The molecule has 0 radical (unpaired) electrons. The number of nitrogen functional groups attached to an aromatic ring is 1. The van der Waals surface area contributed by atoms with Gasteiger partial charge in [-0.05, 0) is 19.0 Å². The maximum Gasteiger partial charge on any atom is 0.284 e. The van der Waals surface area contributed by atoms with Crippen LogP contribution in [0.5, 0.6) is 0 Å². The van der Waals surface area contributed by atoms with Gasteiger partial charge in [-0.3, -0.25) is 9.78 Å². The summed E-state index contributed by atoms with van der Waals surface area (Å²) in [7, 11) is 0. The number of nitrogens with zero attached hydrogens (tertiary/aromatic N) is 2. The SMILES string of the molecule is CC(C)Nc1nc(N)c(N=O)c(=O)[nH]1. The number of aromatic amines is 1. The van der Waals surface area contributed by atoms with Crippen molar-refractivity contribution in [2.24, 2.45) is 5.18 Å². The van der Waals surface area contributed by atoms with Gasteiger partial charge in [0.1, 0.15) is 0 Å². The van der Waals surface area contributed by atoms with Gasteiger partial charge >= 0.3 is 0 Å². The Morgan fingerprint density at radius 2 is 2.21 bits per heavy atom. The van der Waals surface area contributed by atoms with Crippen molar-refractivity contribution >= 4 is 17.5 Å². The van der Waals surface area contributed by atoms with E-state index in [9.17, 15) is 9.70 Å². The first-order chi connectivity index (χ1) is 6.54. The molecule has 7 nitrogen and oxygen atoms in total. The fourth-order valence-electron chi connectivity index (χ4n) is 0.914. The summed E-state index contributed by atoms with van der Waals surface area (Å²) in [5.74, 6) is 0.0572. The topological polar surface area (TPSA) is 113 Å². The normalized spacial score (nSPS) is 10.2. The van der Waals surface area contributed by atoms with E-state index in [2.05, 4.69) is 20.5 Å². The van der Waals surface area contributed by atoms with Crippen LogP contribution in [0.3, 0.4) is 0 Å². The number of nitrogens with one attached hydrogen (secondary N) is 2. The predicted octanol–water partition coefficient (Wildman–Crippen LogP) is 0.570. The van der Waals surface area contributed by atoms with Crippen LogP contribution >= 0.6 is 0 Å². The Bertz CT molecular complexity index is 398. The van der Waals surface area contributed by atoms with Crippen molar-refractivity contribution in [2.75, 3.05) is 11.1 Å². The van der Waals surface area contributed by atoms with E-state index in [4.69, 9.17) is 5.73 Å². The predicted molar refractivity (Wildman–Crippen MR) is 53.5 cm³/mol. The van der Waals surface area contributed by atoms with Crippen LogP contribution in [0.2, 0.25) is 0 Å². The number of H-pyrrole nitrogens is 1. The highest BCUT2D eigenvalue weighted by molar-refractivity contribution is 5.57. The summed E-state index contributed by atoms with van der Waals surface area (Å²) in [6.07, 6.45) is 0. The Labute approximate surface area is 79.7 Å². The molecular formula is C7H11N5O2. The van der Waals surface area contributed by atoms with E-state index >= 15 is 0 Å². The molecule has 0 amide bonds.